The molecule has 0 unspecified atom stereocenters. The molecular formula is C27H33F2N5O5S. The highest BCUT2D eigenvalue weighted by atomic mass is 32.2. The van der Waals surface area contributed by atoms with Gasteiger partial charge in [-0.05, 0) is 63.0 Å². The molecule has 216 valence electrons. The molecule has 3 aliphatic rings. The van der Waals surface area contributed by atoms with Crippen LogP contribution >= 0.6 is 0 Å². The van der Waals surface area contributed by atoms with Gasteiger partial charge in [0, 0.05) is 37.9 Å². The monoisotopic (exact) mass is 577 g/mol. The zero-order chi connectivity index (χ0) is 28.1. The van der Waals surface area contributed by atoms with Crippen LogP contribution in [0.1, 0.15) is 36.0 Å². The molecule has 13 heteroatoms. The van der Waals surface area contributed by atoms with E-state index in [1.54, 1.807) is 18.2 Å². The molecule has 1 amide bonds. The van der Waals surface area contributed by atoms with Crippen molar-refractivity contribution in [2.75, 3.05) is 51.4 Å². The topological polar surface area (TPSA) is 112 Å². The smallest absolute Gasteiger partial charge is 0.271 e. The number of hydrogen-bond acceptors (Lipinski definition) is 9. The summed E-state index contributed by atoms with van der Waals surface area (Å²) in [5, 5.41) is 7.08. The summed E-state index contributed by atoms with van der Waals surface area (Å²) in [5.74, 6) is -1.83. The maximum Gasteiger partial charge on any atom is 0.271 e. The van der Waals surface area contributed by atoms with E-state index in [9.17, 15) is 22.0 Å². The minimum atomic E-state index is -4.23. The number of nitrogens with one attached hydrogen (secondary N) is 3. The number of benzene rings is 2. The summed E-state index contributed by atoms with van der Waals surface area (Å²) in [4.78, 5) is 15.1. The Morgan fingerprint density at radius 1 is 1.07 bits per heavy atom. The fourth-order valence-electron chi connectivity index (χ4n) is 4.92. The van der Waals surface area contributed by atoms with Crippen molar-refractivity contribution in [3.63, 3.8) is 0 Å². The number of amides is 1. The van der Waals surface area contributed by atoms with Crippen molar-refractivity contribution >= 4 is 21.4 Å². The van der Waals surface area contributed by atoms with Gasteiger partial charge in [0.05, 0.1) is 22.3 Å². The van der Waals surface area contributed by atoms with E-state index in [0.717, 1.165) is 44.6 Å². The molecule has 0 spiro atoms. The molecule has 40 heavy (non-hydrogen) atoms. The minimum Gasteiger partial charge on any atom is -0.492 e. The number of sulfone groups is 1. The first-order chi connectivity index (χ1) is 19.3. The van der Waals surface area contributed by atoms with Gasteiger partial charge in [-0.2, -0.15) is 0 Å². The highest BCUT2D eigenvalue weighted by Gasteiger charge is 2.28. The van der Waals surface area contributed by atoms with E-state index < -0.39 is 32.3 Å². The Labute approximate surface area is 232 Å². The molecule has 10 nitrogen and oxygen atoms in total. The number of likely N-dealkylation sites (tertiary alicyclic amines) is 1. The number of anilines is 1. The summed E-state index contributed by atoms with van der Waals surface area (Å²) in [5.41, 5.74) is 3.64. The van der Waals surface area contributed by atoms with Crippen LogP contribution in [0.5, 0.6) is 5.75 Å². The van der Waals surface area contributed by atoms with Crippen molar-refractivity contribution in [3.05, 3.63) is 64.8 Å². The Morgan fingerprint density at radius 3 is 2.52 bits per heavy atom. The van der Waals surface area contributed by atoms with E-state index in [1.807, 2.05) is 0 Å². The Bertz CT molecular complexity index is 1340. The summed E-state index contributed by atoms with van der Waals surface area (Å²) in [6, 6.07) is 7.41. The number of carbonyl (C=O) groups is 1. The molecule has 3 aliphatic heterocycles. The van der Waals surface area contributed by atoms with Crippen LogP contribution < -0.4 is 20.8 Å². The van der Waals surface area contributed by atoms with E-state index in [4.69, 9.17) is 9.47 Å². The van der Waals surface area contributed by atoms with Crippen LogP contribution in [0, 0.1) is 11.6 Å². The second-order valence-electron chi connectivity index (χ2n) is 9.98. The van der Waals surface area contributed by atoms with E-state index in [1.165, 1.54) is 24.1 Å². The lowest BCUT2D eigenvalue weighted by molar-refractivity contribution is 0.0856. The molecule has 0 atom stereocenters. The molecule has 5 rings (SSSR count). The van der Waals surface area contributed by atoms with Crippen LogP contribution in [0.25, 0.3) is 0 Å². The standard InChI is InChI=1S/C27H33F2N5O5S/c28-19-13-20(29)15-23(14-19)40(36,37)26-17-34(18-30-26)32-27(35)24-4-3-22(39-12-9-33-7-1-2-8-33)16-25(24)31-21-5-10-38-11-6-21/h3-4,13-17,21,30-31H,1-2,5-12,18H2,(H,32,35). The summed E-state index contributed by atoms with van der Waals surface area (Å²) < 4.78 is 64.4. The van der Waals surface area contributed by atoms with Crippen LogP contribution in [0.4, 0.5) is 14.5 Å². The molecule has 2 fully saturated rings. The quantitative estimate of drug-likeness (QED) is 0.393. The normalized spacial score (nSPS) is 18.4. The molecule has 0 aliphatic carbocycles. The number of hydrogen-bond donors (Lipinski definition) is 3. The van der Waals surface area contributed by atoms with Crippen molar-refractivity contribution in [1.82, 2.24) is 20.7 Å². The van der Waals surface area contributed by atoms with Crippen molar-refractivity contribution in [3.8, 4) is 5.75 Å². The second kappa shape index (κ2) is 12.4. The lowest BCUT2D eigenvalue weighted by Gasteiger charge is -2.26. The molecule has 3 heterocycles. The fourth-order valence-corrected chi connectivity index (χ4v) is 6.23. The molecule has 0 saturated carbocycles. The van der Waals surface area contributed by atoms with E-state index in [2.05, 4.69) is 21.0 Å². The lowest BCUT2D eigenvalue weighted by atomic mass is 10.1. The maximum absolute atomic E-state index is 13.6. The fraction of sp³-hybridized carbons (Fsp3) is 0.444. The van der Waals surface area contributed by atoms with E-state index >= 15 is 0 Å². The third kappa shape index (κ3) is 6.83. The van der Waals surface area contributed by atoms with E-state index in [-0.39, 0.29) is 17.7 Å². The van der Waals surface area contributed by atoms with Crippen LogP contribution in [0.2, 0.25) is 0 Å². The predicted octanol–water partition coefficient (Wildman–Crippen LogP) is 2.81. The maximum atomic E-state index is 13.6. The predicted molar refractivity (Wildman–Crippen MR) is 144 cm³/mol. The molecule has 0 radical (unpaired) electrons. The van der Waals surface area contributed by atoms with Gasteiger partial charge in [0.15, 0.2) is 5.03 Å². The van der Waals surface area contributed by atoms with Gasteiger partial charge in [-0.25, -0.2) is 17.2 Å². The van der Waals surface area contributed by atoms with E-state index in [0.29, 0.717) is 42.9 Å². The first-order valence-corrected chi connectivity index (χ1v) is 14.8. The molecule has 2 saturated heterocycles. The number of hydrazine groups is 1. The summed E-state index contributed by atoms with van der Waals surface area (Å²) >= 11 is 0. The van der Waals surface area contributed by atoms with Crippen LogP contribution in [0.15, 0.2) is 52.5 Å². The SMILES string of the molecule is O=C(NN1C=C(S(=O)(=O)c2cc(F)cc(F)c2)NC1)c1ccc(OCCN2CCCC2)cc1NC1CCOCC1. The molecular weight excluding hydrogens is 544 g/mol. The largest absolute Gasteiger partial charge is 0.492 e. The van der Waals surface area contributed by atoms with Gasteiger partial charge in [-0.1, -0.05) is 0 Å². The second-order valence-corrected chi connectivity index (χ2v) is 11.9. The van der Waals surface area contributed by atoms with Gasteiger partial charge in [-0.3, -0.25) is 20.1 Å². The number of rotatable bonds is 10. The summed E-state index contributed by atoms with van der Waals surface area (Å²) in [6.07, 6.45) is 5.18. The number of nitrogens with zero attached hydrogens (tertiary/aromatic N) is 2. The summed E-state index contributed by atoms with van der Waals surface area (Å²) in [6.45, 7) is 4.75. The third-order valence-corrected chi connectivity index (χ3v) is 8.75. The van der Waals surface area contributed by atoms with Crippen molar-refractivity contribution < 1.29 is 31.5 Å². The van der Waals surface area contributed by atoms with Gasteiger partial charge in [-0.15, -0.1) is 0 Å². The van der Waals surface area contributed by atoms with Crippen molar-refractivity contribution in [2.45, 2.75) is 36.6 Å². The van der Waals surface area contributed by atoms with Crippen LogP contribution in [-0.2, 0) is 14.6 Å². The average Bonchev–Trinajstić information content (AvgIpc) is 3.62. The first-order valence-electron chi connectivity index (χ1n) is 13.4. The molecule has 2 aromatic rings. The van der Waals surface area contributed by atoms with Crippen LogP contribution in [0.3, 0.4) is 0 Å². The zero-order valence-corrected chi connectivity index (χ0v) is 22.8. The van der Waals surface area contributed by atoms with Gasteiger partial charge in [0.25, 0.3) is 5.91 Å². The Hall–Kier alpha value is -3.42. The van der Waals surface area contributed by atoms with Gasteiger partial charge < -0.3 is 20.1 Å². The highest BCUT2D eigenvalue weighted by Crippen LogP contribution is 2.27. The van der Waals surface area contributed by atoms with Crippen molar-refractivity contribution in [1.29, 1.82) is 0 Å². The van der Waals surface area contributed by atoms with Gasteiger partial charge in [0.2, 0.25) is 9.84 Å². The zero-order valence-electron chi connectivity index (χ0n) is 22.0. The molecule has 3 N–H and O–H groups in total. The minimum absolute atomic E-state index is 0.0570. The average molecular weight is 578 g/mol. The lowest BCUT2D eigenvalue weighted by Crippen LogP contribution is -2.40. The Morgan fingerprint density at radius 2 is 1.80 bits per heavy atom. The first kappa shape index (κ1) is 28.1. The Kier molecular flexibility index (Phi) is 8.72. The molecule has 0 bridgehead atoms. The van der Waals surface area contributed by atoms with Crippen molar-refractivity contribution in [2.24, 2.45) is 0 Å². The summed E-state index contributed by atoms with van der Waals surface area (Å²) in [7, 11) is -4.23. The highest BCUT2D eigenvalue weighted by molar-refractivity contribution is 7.95. The number of carbonyl (C=O) groups excluding carboxylic acids is 1. The van der Waals surface area contributed by atoms with Gasteiger partial charge >= 0.3 is 0 Å². The van der Waals surface area contributed by atoms with Gasteiger partial charge in [0.1, 0.15) is 30.7 Å². The van der Waals surface area contributed by atoms with Crippen LogP contribution in [-0.4, -0.2) is 76.4 Å². The molecule has 2 aromatic carbocycles. The number of halogens is 2. The Balaban J connectivity index is 1.29. The third-order valence-electron chi connectivity index (χ3n) is 7.07. The molecule has 0 aromatic heterocycles. The number of ether oxygens (including phenoxy) is 2.